The minimum absolute atomic E-state index is 0.163. The van der Waals surface area contributed by atoms with Crippen molar-refractivity contribution in [2.45, 2.75) is 19.8 Å². The van der Waals surface area contributed by atoms with Crippen molar-refractivity contribution in [3.05, 3.63) is 28.8 Å². The second-order valence-electron chi connectivity index (χ2n) is 3.82. The average Bonchev–Trinajstić information content (AvgIpc) is 2.40. The Kier molecular flexibility index (Phi) is 2.23. The maximum absolute atomic E-state index is 11.5. The van der Waals surface area contributed by atoms with E-state index in [-0.39, 0.29) is 17.8 Å². The number of hydrogen-bond donors (Lipinski definition) is 0. The molecule has 0 aliphatic carbocycles. The number of halogens is 1. The molecule has 2 rings (SSSR count). The number of carbonyl (C=O) groups excluding carboxylic acids is 1. The Morgan fingerprint density at radius 1 is 1.43 bits per heavy atom. The van der Waals surface area contributed by atoms with Crippen molar-refractivity contribution in [3.63, 3.8) is 0 Å². The first-order valence-electron chi connectivity index (χ1n) is 4.60. The molecule has 14 heavy (non-hydrogen) atoms. The van der Waals surface area contributed by atoms with E-state index in [0.29, 0.717) is 10.8 Å². The lowest BCUT2D eigenvalue weighted by molar-refractivity contribution is -0.134. The summed E-state index contributed by atoms with van der Waals surface area (Å²) in [5.41, 5.74) is 0.914. The van der Waals surface area contributed by atoms with Gasteiger partial charge in [-0.1, -0.05) is 25.4 Å². The third-order valence-corrected chi connectivity index (χ3v) is 2.67. The Balaban J connectivity index is 2.50. The van der Waals surface area contributed by atoms with Gasteiger partial charge < -0.3 is 4.74 Å². The normalized spacial score (nSPS) is 19.7. The largest absolute Gasteiger partial charge is 0.426 e. The monoisotopic (exact) mass is 210 g/mol. The quantitative estimate of drug-likeness (QED) is 0.526. The van der Waals surface area contributed by atoms with Crippen LogP contribution in [0.2, 0.25) is 5.02 Å². The van der Waals surface area contributed by atoms with Crippen molar-refractivity contribution >= 4 is 17.6 Å². The summed E-state index contributed by atoms with van der Waals surface area (Å²) >= 11 is 5.87. The van der Waals surface area contributed by atoms with E-state index in [9.17, 15) is 4.79 Å². The lowest BCUT2D eigenvalue weighted by atomic mass is 9.90. The molecule has 0 radical (unpaired) electrons. The molecule has 1 aromatic rings. The summed E-state index contributed by atoms with van der Waals surface area (Å²) in [5, 5.41) is 0.646. The number of rotatable bonds is 1. The molecule has 1 heterocycles. The molecular weight excluding hydrogens is 200 g/mol. The second kappa shape index (κ2) is 3.28. The fourth-order valence-electron chi connectivity index (χ4n) is 1.79. The summed E-state index contributed by atoms with van der Waals surface area (Å²) in [6.07, 6.45) is 0. The molecule has 1 aliphatic rings. The number of esters is 1. The summed E-state index contributed by atoms with van der Waals surface area (Å²) < 4.78 is 5.14. The first kappa shape index (κ1) is 9.53. The van der Waals surface area contributed by atoms with E-state index in [2.05, 4.69) is 0 Å². The molecule has 0 saturated heterocycles. The zero-order valence-electron chi connectivity index (χ0n) is 8.08. The molecule has 0 N–H and O–H groups in total. The van der Waals surface area contributed by atoms with Crippen molar-refractivity contribution in [3.8, 4) is 5.75 Å². The predicted octanol–water partition coefficient (Wildman–Crippen LogP) is 3.00. The molecule has 1 unspecified atom stereocenters. The summed E-state index contributed by atoms with van der Waals surface area (Å²) in [6, 6.07) is 5.29. The summed E-state index contributed by atoms with van der Waals surface area (Å²) in [4.78, 5) is 11.5. The van der Waals surface area contributed by atoms with Gasteiger partial charge in [0.2, 0.25) is 0 Å². The van der Waals surface area contributed by atoms with Crippen molar-refractivity contribution in [1.29, 1.82) is 0 Å². The molecule has 2 nitrogen and oxygen atoms in total. The van der Waals surface area contributed by atoms with E-state index in [1.807, 2.05) is 19.9 Å². The van der Waals surface area contributed by atoms with Gasteiger partial charge in [0.25, 0.3) is 0 Å². The van der Waals surface area contributed by atoms with Gasteiger partial charge in [-0.05, 0) is 24.1 Å². The average molecular weight is 211 g/mol. The zero-order valence-corrected chi connectivity index (χ0v) is 8.84. The van der Waals surface area contributed by atoms with Crippen LogP contribution in [0.3, 0.4) is 0 Å². The molecule has 1 aliphatic heterocycles. The van der Waals surface area contributed by atoms with Crippen LogP contribution < -0.4 is 4.74 Å². The predicted molar refractivity (Wildman–Crippen MR) is 54.7 cm³/mol. The van der Waals surface area contributed by atoms with Crippen LogP contribution in [0.15, 0.2) is 18.2 Å². The van der Waals surface area contributed by atoms with Gasteiger partial charge in [0.1, 0.15) is 5.75 Å². The number of fused-ring (bicyclic) bond motifs is 1. The van der Waals surface area contributed by atoms with E-state index >= 15 is 0 Å². The van der Waals surface area contributed by atoms with E-state index in [1.165, 1.54) is 0 Å². The van der Waals surface area contributed by atoms with Gasteiger partial charge in [0, 0.05) is 10.6 Å². The zero-order chi connectivity index (χ0) is 10.3. The minimum Gasteiger partial charge on any atom is -0.426 e. The number of ether oxygens (including phenoxy) is 1. The molecule has 0 spiro atoms. The number of hydrogen-bond acceptors (Lipinski definition) is 2. The van der Waals surface area contributed by atoms with Crippen molar-refractivity contribution in [2.75, 3.05) is 0 Å². The second-order valence-corrected chi connectivity index (χ2v) is 4.26. The van der Waals surface area contributed by atoms with Crippen LogP contribution in [0.1, 0.15) is 25.3 Å². The van der Waals surface area contributed by atoms with Crippen LogP contribution in [0.25, 0.3) is 0 Å². The highest BCUT2D eigenvalue weighted by Crippen LogP contribution is 2.40. The Morgan fingerprint density at radius 2 is 2.14 bits per heavy atom. The third-order valence-electron chi connectivity index (χ3n) is 2.44. The summed E-state index contributed by atoms with van der Waals surface area (Å²) in [6.45, 7) is 4.00. The van der Waals surface area contributed by atoms with E-state index in [0.717, 1.165) is 5.56 Å². The Morgan fingerprint density at radius 3 is 2.79 bits per heavy atom. The van der Waals surface area contributed by atoms with Gasteiger partial charge in [-0.2, -0.15) is 0 Å². The van der Waals surface area contributed by atoms with Crippen LogP contribution in [-0.2, 0) is 4.79 Å². The molecule has 0 amide bonds. The molecule has 0 saturated carbocycles. The minimum atomic E-state index is -0.169. The molecule has 74 valence electrons. The molecule has 0 aromatic heterocycles. The highest BCUT2D eigenvalue weighted by molar-refractivity contribution is 6.30. The summed E-state index contributed by atoms with van der Waals surface area (Å²) in [7, 11) is 0. The standard InChI is InChI=1S/C11H11ClO2/c1-6(2)10-8-5-7(12)3-4-9(8)14-11(10)13/h3-6,10H,1-2H3. The summed E-state index contributed by atoms with van der Waals surface area (Å²) in [5.74, 6) is 0.557. The molecular formula is C11H11ClO2. The third kappa shape index (κ3) is 1.40. The lowest BCUT2D eigenvalue weighted by Crippen LogP contribution is -2.15. The van der Waals surface area contributed by atoms with Crippen LogP contribution in [0.4, 0.5) is 0 Å². The van der Waals surface area contributed by atoms with Gasteiger partial charge in [0.05, 0.1) is 5.92 Å². The molecule has 1 atom stereocenters. The van der Waals surface area contributed by atoms with Gasteiger partial charge in [-0.3, -0.25) is 4.79 Å². The maximum atomic E-state index is 11.5. The van der Waals surface area contributed by atoms with Crippen LogP contribution in [-0.4, -0.2) is 5.97 Å². The smallest absolute Gasteiger partial charge is 0.319 e. The van der Waals surface area contributed by atoms with Crippen molar-refractivity contribution in [2.24, 2.45) is 5.92 Å². The van der Waals surface area contributed by atoms with Crippen molar-refractivity contribution < 1.29 is 9.53 Å². The molecule has 3 heteroatoms. The lowest BCUT2D eigenvalue weighted by Gasteiger charge is -2.10. The van der Waals surface area contributed by atoms with Gasteiger partial charge in [0.15, 0.2) is 0 Å². The van der Waals surface area contributed by atoms with E-state index in [4.69, 9.17) is 16.3 Å². The van der Waals surface area contributed by atoms with Crippen LogP contribution in [0, 0.1) is 5.92 Å². The highest BCUT2D eigenvalue weighted by atomic mass is 35.5. The van der Waals surface area contributed by atoms with Crippen LogP contribution in [0.5, 0.6) is 5.75 Å². The topological polar surface area (TPSA) is 26.3 Å². The van der Waals surface area contributed by atoms with Gasteiger partial charge >= 0.3 is 5.97 Å². The SMILES string of the molecule is CC(C)C1C(=O)Oc2ccc(Cl)cc21. The van der Waals surface area contributed by atoms with Gasteiger partial charge in [-0.15, -0.1) is 0 Å². The van der Waals surface area contributed by atoms with Crippen molar-refractivity contribution in [1.82, 2.24) is 0 Å². The number of carbonyl (C=O) groups is 1. The van der Waals surface area contributed by atoms with Gasteiger partial charge in [-0.25, -0.2) is 0 Å². The Hall–Kier alpha value is -1.02. The van der Waals surface area contributed by atoms with E-state index in [1.54, 1.807) is 12.1 Å². The molecule has 1 aromatic carbocycles. The fraction of sp³-hybridized carbons (Fsp3) is 0.364. The molecule has 0 bridgehead atoms. The highest BCUT2D eigenvalue weighted by Gasteiger charge is 2.35. The Bertz CT molecular complexity index is 385. The molecule has 0 fully saturated rings. The number of benzene rings is 1. The fourth-order valence-corrected chi connectivity index (χ4v) is 1.97. The van der Waals surface area contributed by atoms with Crippen LogP contribution >= 0.6 is 11.6 Å². The first-order chi connectivity index (χ1) is 6.59. The maximum Gasteiger partial charge on any atom is 0.319 e. The Labute approximate surface area is 87.8 Å². The first-order valence-corrected chi connectivity index (χ1v) is 4.98. The van der Waals surface area contributed by atoms with E-state index < -0.39 is 0 Å².